The number of carbonyl (C=O) groups excluding carboxylic acids is 1. The van der Waals surface area contributed by atoms with Crippen molar-refractivity contribution in [2.45, 2.75) is 6.92 Å². The number of rotatable bonds is 8. The molecule has 0 heterocycles. The van der Waals surface area contributed by atoms with E-state index in [0.717, 1.165) is 18.2 Å². The van der Waals surface area contributed by atoms with Gasteiger partial charge in [0.1, 0.15) is 12.4 Å². The SMILES string of the molecule is C#CCOc1c(Cl)cc(/C=N\NC(=O)c2cc([N+](=O)[O-])ccc2O)cc1OCC. The minimum atomic E-state index is -0.826. The second-order valence-electron chi connectivity index (χ2n) is 5.41. The monoisotopic (exact) mass is 417 g/mol. The molecule has 0 spiro atoms. The number of phenolic OH excluding ortho intramolecular Hbond substituents is 1. The molecular formula is C19H16ClN3O6. The maximum atomic E-state index is 12.1. The molecule has 150 valence electrons. The first-order chi connectivity index (χ1) is 13.9. The minimum absolute atomic E-state index is 0.00991. The summed E-state index contributed by atoms with van der Waals surface area (Å²) in [6.07, 6.45) is 6.47. The molecule has 0 unspecified atom stereocenters. The zero-order chi connectivity index (χ0) is 21.4. The number of nitrogens with zero attached hydrogens (tertiary/aromatic N) is 2. The Balaban J connectivity index is 2.20. The van der Waals surface area contributed by atoms with Gasteiger partial charge in [0.25, 0.3) is 11.6 Å². The largest absolute Gasteiger partial charge is 0.507 e. The molecule has 2 N–H and O–H groups in total. The van der Waals surface area contributed by atoms with Crippen molar-refractivity contribution < 1.29 is 24.3 Å². The van der Waals surface area contributed by atoms with Gasteiger partial charge < -0.3 is 14.6 Å². The molecule has 9 nitrogen and oxygen atoms in total. The smallest absolute Gasteiger partial charge is 0.275 e. The van der Waals surface area contributed by atoms with Crippen LogP contribution in [0.5, 0.6) is 17.2 Å². The lowest BCUT2D eigenvalue weighted by molar-refractivity contribution is -0.384. The number of terminal acetylenes is 1. The number of phenols is 1. The van der Waals surface area contributed by atoms with Gasteiger partial charge in [-0.15, -0.1) is 6.42 Å². The molecule has 0 aliphatic carbocycles. The molecule has 1 amide bonds. The summed E-state index contributed by atoms with van der Waals surface area (Å²) in [6.45, 7) is 2.15. The van der Waals surface area contributed by atoms with Gasteiger partial charge in [-0.1, -0.05) is 17.5 Å². The van der Waals surface area contributed by atoms with Crippen LogP contribution in [0.15, 0.2) is 35.4 Å². The van der Waals surface area contributed by atoms with Crippen LogP contribution in [-0.4, -0.2) is 35.4 Å². The first-order valence-corrected chi connectivity index (χ1v) is 8.58. The Labute approximate surface area is 171 Å². The van der Waals surface area contributed by atoms with Gasteiger partial charge >= 0.3 is 0 Å². The van der Waals surface area contributed by atoms with E-state index in [9.17, 15) is 20.0 Å². The highest BCUT2D eigenvalue weighted by atomic mass is 35.5. The zero-order valence-electron chi connectivity index (χ0n) is 15.2. The van der Waals surface area contributed by atoms with Crippen molar-refractivity contribution in [2.24, 2.45) is 5.10 Å². The molecule has 0 aliphatic heterocycles. The second-order valence-corrected chi connectivity index (χ2v) is 5.82. The lowest BCUT2D eigenvalue weighted by Crippen LogP contribution is -2.18. The highest BCUT2D eigenvalue weighted by Gasteiger charge is 2.16. The number of nitro groups is 1. The second kappa shape index (κ2) is 9.96. The predicted molar refractivity (Wildman–Crippen MR) is 107 cm³/mol. The molecule has 2 aromatic carbocycles. The first-order valence-electron chi connectivity index (χ1n) is 8.20. The standard InChI is InChI=1S/C19H16ClN3O6/c1-3-7-29-18-15(20)8-12(9-17(18)28-4-2)11-21-22-19(25)14-10-13(23(26)27)5-6-16(14)24/h1,5-6,8-11,24H,4,7H2,2H3,(H,22,25)/b21-11-. The van der Waals surface area contributed by atoms with E-state index in [1.165, 1.54) is 12.3 Å². The number of aromatic hydroxyl groups is 1. The number of ether oxygens (including phenoxy) is 2. The molecule has 0 saturated carbocycles. The fourth-order valence-electron chi connectivity index (χ4n) is 2.22. The molecule has 0 fully saturated rings. The summed E-state index contributed by atoms with van der Waals surface area (Å²) in [7, 11) is 0. The van der Waals surface area contributed by atoms with Crippen LogP contribution in [0.1, 0.15) is 22.8 Å². The molecule has 2 rings (SSSR count). The number of carbonyl (C=O) groups is 1. The Morgan fingerprint density at radius 3 is 2.83 bits per heavy atom. The summed E-state index contributed by atoms with van der Waals surface area (Å²) in [5, 5.41) is 24.6. The van der Waals surface area contributed by atoms with Crippen molar-refractivity contribution in [3.63, 3.8) is 0 Å². The van der Waals surface area contributed by atoms with Crippen molar-refractivity contribution in [3.05, 3.63) is 56.6 Å². The van der Waals surface area contributed by atoms with Gasteiger partial charge in [-0.3, -0.25) is 14.9 Å². The van der Waals surface area contributed by atoms with E-state index >= 15 is 0 Å². The summed E-state index contributed by atoms with van der Waals surface area (Å²) in [5.41, 5.74) is 2.03. The van der Waals surface area contributed by atoms with Crippen molar-refractivity contribution in [2.75, 3.05) is 13.2 Å². The molecule has 2 aromatic rings. The van der Waals surface area contributed by atoms with E-state index in [0.29, 0.717) is 17.9 Å². The molecule has 10 heteroatoms. The van der Waals surface area contributed by atoms with E-state index in [4.69, 9.17) is 27.5 Å². The summed E-state index contributed by atoms with van der Waals surface area (Å²) >= 11 is 6.19. The number of hydrogen-bond acceptors (Lipinski definition) is 7. The van der Waals surface area contributed by atoms with Crippen molar-refractivity contribution in [1.29, 1.82) is 0 Å². The topological polar surface area (TPSA) is 123 Å². The van der Waals surface area contributed by atoms with Crippen molar-refractivity contribution in [3.8, 4) is 29.6 Å². The Morgan fingerprint density at radius 1 is 1.41 bits per heavy atom. The average Bonchev–Trinajstić information content (AvgIpc) is 2.67. The number of halogens is 1. The first kappa shape index (κ1) is 21.5. The summed E-state index contributed by atoms with van der Waals surface area (Å²) < 4.78 is 10.9. The van der Waals surface area contributed by atoms with E-state index in [1.807, 2.05) is 0 Å². The number of hydrazone groups is 1. The average molecular weight is 418 g/mol. The van der Waals surface area contributed by atoms with Gasteiger partial charge in [0.2, 0.25) is 0 Å². The normalized spacial score (nSPS) is 10.4. The van der Waals surface area contributed by atoms with Crippen molar-refractivity contribution >= 4 is 29.4 Å². The number of hydrogen-bond donors (Lipinski definition) is 2. The molecule has 0 aliphatic rings. The molecule has 0 atom stereocenters. The molecule has 0 radical (unpaired) electrons. The lowest BCUT2D eigenvalue weighted by Gasteiger charge is -2.12. The third kappa shape index (κ3) is 5.60. The van der Waals surface area contributed by atoms with Gasteiger partial charge in [-0.2, -0.15) is 5.10 Å². The van der Waals surface area contributed by atoms with Crippen LogP contribution in [-0.2, 0) is 0 Å². The zero-order valence-corrected chi connectivity index (χ0v) is 16.0. The Morgan fingerprint density at radius 2 is 2.17 bits per heavy atom. The maximum Gasteiger partial charge on any atom is 0.275 e. The number of nitrogens with one attached hydrogen (secondary N) is 1. The van der Waals surface area contributed by atoms with Crippen LogP contribution >= 0.6 is 11.6 Å². The van der Waals surface area contributed by atoms with Crippen LogP contribution < -0.4 is 14.9 Å². The van der Waals surface area contributed by atoms with E-state index in [2.05, 4.69) is 16.4 Å². The van der Waals surface area contributed by atoms with Crippen LogP contribution in [0, 0.1) is 22.5 Å². The Kier molecular flexibility index (Phi) is 7.40. The molecule has 29 heavy (non-hydrogen) atoms. The number of benzene rings is 2. The molecule has 0 saturated heterocycles. The van der Waals surface area contributed by atoms with E-state index in [1.54, 1.807) is 13.0 Å². The summed E-state index contributed by atoms with van der Waals surface area (Å²) in [6, 6.07) is 6.19. The lowest BCUT2D eigenvalue weighted by atomic mass is 10.1. The quantitative estimate of drug-likeness (QED) is 0.294. The molecule has 0 bridgehead atoms. The summed E-state index contributed by atoms with van der Waals surface area (Å²) in [4.78, 5) is 22.3. The number of non-ortho nitro benzene ring substituents is 1. The van der Waals surface area contributed by atoms with Gasteiger partial charge in [0.05, 0.1) is 28.3 Å². The summed E-state index contributed by atoms with van der Waals surface area (Å²) in [5.74, 6) is 1.72. The van der Waals surface area contributed by atoms with E-state index in [-0.39, 0.29) is 28.6 Å². The van der Waals surface area contributed by atoms with Crippen LogP contribution in [0.2, 0.25) is 5.02 Å². The third-order valence-electron chi connectivity index (χ3n) is 3.45. The third-order valence-corrected chi connectivity index (χ3v) is 3.73. The fourth-order valence-corrected chi connectivity index (χ4v) is 2.50. The number of nitro benzene ring substituents is 1. The predicted octanol–water partition coefficient (Wildman–Crippen LogP) is 3.13. The fraction of sp³-hybridized carbons (Fsp3) is 0.158. The van der Waals surface area contributed by atoms with Crippen LogP contribution in [0.4, 0.5) is 5.69 Å². The van der Waals surface area contributed by atoms with Gasteiger partial charge in [0.15, 0.2) is 11.5 Å². The highest BCUT2D eigenvalue weighted by molar-refractivity contribution is 6.32. The number of amides is 1. The molecular weight excluding hydrogens is 402 g/mol. The van der Waals surface area contributed by atoms with Gasteiger partial charge in [-0.25, -0.2) is 5.43 Å². The van der Waals surface area contributed by atoms with Crippen LogP contribution in [0.3, 0.4) is 0 Å². The molecule has 0 aromatic heterocycles. The Bertz CT molecular complexity index is 1000. The maximum absolute atomic E-state index is 12.1. The van der Waals surface area contributed by atoms with E-state index < -0.39 is 16.6 Å². The minimum Gasteiger partial charge on any atom is -0.507 e. The van der Waals surface area contributed by atoms with Gasteiger partial charge in [-0.05, 0) is 30.7 Å². The highest BCUT2D eigenvalue weighted by Crippen LogP contribution is 2.36. The van der Waals surface area contributed by atoms with Crippen molar-refractivity contribution in [1.82, 2.24) is 5.43 Å². The van der Waals surface area contributed by atoms with Gasteiger partial charge in [0, 0.05) is 12.1 Å². The van der Waals surface area contributed by atoms with Crippen LogP contribution in [0.25, 0.3) is 0 Å². The Hall–Kier alpha value is -3.77.